The quantitative estimate of drug-likeness (QED) is 0.753. The zero-order chi connectivity index (χ0) is 17.2. The highest BCUT2D eigenvalue weighted by Crippen LogP contribution is 2.35. The van der Waals surface area contributed by atoms with E-state index in [1.807, 2.05) is 30.3 Å². The van der Waals surface area contributed by atoms with Gasteiger partial charge in [0.15, 0.2) is 0 Å². The highest BCUT2D eigenvalue weighted by molar-refractivity contribution is 5.98. The highest BCUT2D eigenvalue weighted by atomic mass is 16.4. The average Bonchev–Trinajstić information content (AvgIpc) is 3.35. The Bertz CT molecular complexity index is 812. The summed E-state index contributed by atoms with van der Waals surface area (Å²) in [5.41, 5.74) is -0.558. The van der Waals surface area contributed by atoms with E-state index in [1.54, 1.807) is 12.1 Å². The van der Waals surface area contributed by atoms with E-state index in [0.717, 1.165) is 10.8 Å². The Morgan fingerprint density at radius 2 is 1.75 bits per heavy atom. The molecule has 0 saturated heterocycles. The number of carboxylic acids is 1. The van der Waals surface area contributed by atoms with Crippen molar-refractivity contribution < 1.29 is 19.5 Å². The summed E-state index contributed by atoms with van der Waals surface area (Å²) in [6.45, 7) is 0.160. The SMILES string of the molecule is O=C(CCNC(=O)c1ccc2ccccc2c1)NC1(C(=O)O)CC1. The zero-order valence-corrected chi connectivity index (χ0v) is 13.0. The van der Waals surface area contributed by atoms with Gasteiger partial charge in [-0.2, -0.15) is 0 Å². The van der Waals surface area contributed by atoms with E-state index in [9.17, 15) is 14.4 Å². The Kier molecular flexibility index (Phi) is 4.20. The molecule has 0 unspecified atom stereocenters. The Morgan fingerprint density at radius 3 is 2.42 bits per heavy atom. The summed E-state index contributed by atoms with van der Waals surface area (Å²) in [7, 11) is 0. The van der Waals surface area contributed by atoms with Crippen molar-refractivity contribution in [3.8, 4) is 0 Å². The zero-order valence-electron chi connectivity index (χ0n) is 13.0. The molecule has 1 aliphatic rings. The van der Waals surface area contributed by atoms with Crippen molar-refractivity contribution in [2.75, 3.05) is 6.54 Å². The molecule has 0 bridgehead atoms. The molecule has 24 heavy (non-hydrogen) atoms. The molecule has 0 atom stereocenters. The lowest BCUT2D eigenvalue weighted by Crippen LogP contribution is -2.44. The summed E-state index contributed by atoms with van der Waals surface area (Å²) in [4.78, 5) is 34.9. The van der Waals surface area contributed by atoms with E-state index in [2.05, 4.69) is 10.6 Å². The Hall–Kier alpha value is -2.89. The van der Waals surface area contributed by atoms with Gasteiger partial charge in [0.1, 0.15) is 5.54 Å². The smallest absolute Gasteiger partial charge is 0.329 e. The van der Waals surface area contributed by atoms with E-state index in [-0.39, 0.29) is 24.8 Å². The minimum absolute atomic E-state index is 0.0500. The summed E-state index contributed by atoms with van der Waals surface area (Å²) < 4.78 is 0. The van der Waals surface area contributed by atoms with Gasteiger partial charge in [0, 0.05) is 18.5 Å². The number of carbonyl (C=O) groups excluding carboxylic acids is 2. The van der Waals surface area contributed by atoms with Crippen LogP contribution < -0.4 is 10.6 Å². The number of fused-ring (bicyclic) bond motifs is 1. The van der Waals surface area contributed by atoms with Gasteiger partial charge >= 0.3 is 5.97 Å². The van der Waals surface area contributed by atoms with Crippen LogP contribution in [0.25, 0.3) is 10.8 Å². The van der Waals surface area contributed by atoms with Crippen LogP contribution in [0.4, 0.5) is 0 Å². The third-order valence-electron chi connectivity index (χ3n) is 4.19. The fourth-order valence-corrected chi connectivity index (χ4v) is 2.57. The lowest BCUT2D eigenvalue weighted by Gasteiger charge is -2.12. The van der Waals surface area contributed by atoms with Crippen molar-refractivity contribution in [2.45, 2.75) is 24.8 Å². The van der Waals surface area contributed by atoms with Gasteiger partial charge in [-0.05, 0) is 35.7 Å². The minimum Gasteiger partial charge on any atom is -0.480 e. The third kappa shape index (κ3) is 3.37. The van der Waals surface area contributed by atoms with Gasteiger partial charge in [0.25, 0.3) is 5.91 Å². The van der Waals surface area contributed by atoms with Crippen molar-refractivity contribution in [2.24, 2.45) is 0 Å². The predicted molar refractivity (Wildman–Crippen MR) is 88.6 cm³/mol. The first-order chi connectivity index (χ1) is 11.5. The number of rotatable bonds is 6. The number of hydrogen-bond donors (Lipinski definition) is 3. The molecular formula is C18H18N2O4. The van der Waals surface area contributed by atoms with Crippen LogP contribution in [-0.4, -0.2) is 35.0 Å². The second-order valence-electron chi connectivity index (χ2n) is 6.00. The molecule has 3 rings (SSSR count). The lowest BCUT2D eigenvalue weighted by molar-refractivity contribution is -0.143. The van der Waals surface area contributed by atoms with Crippen molar-refractivity contribution in [1.29, 1.82) is 0 Å². The van der Waals surface area contributed by atoms with Crippen LogP contribution in [0, 0.1) is 0 Å². The van der Waals surface area contributed by atoms with E-state index >= 15 is 0 Å². The summed E-state index contributed by atoms with van der Waals surface area (Å²) in [5.74, 6) is -1.63. The molecule has 0 heterocycles. The summed E-state index contributed by atoms with van der Waals surface area (Å²) >= 11 is 0. The Labute approximate surface area is 138 Å². The van der Waals surface area contributed by atoms with Crippen LogP contribution >= 0.6 is 0 Å². The van der Waals surface area contributed by atoms with Gasteiger partial charge in [-0.1, -0.05) is 30.3 Å². The van der Waals surface area contributed by atoms with Crippen LogP contribution in [0.15, 0.2) is 42.5 Å². The number of nitrogens with one attached hydrogen (secondary N) is 2. The third-order valence-corrected chi connectivity index (χ3v) is 4.19. The molecule has 1 saturated carbocycles. The standard InChI is InChI=1S/C18H18N2O4/c21-15(20-18(8-9-18)17(23)24)7-10-19-16(22)14-6-5-12-3-1-2-4-13(12)11-14/h1-6,11H,7-10H2,(H,19,22)(H,20,21)(H,23,24). The van der Waals surface area contributed by atoms with Gasteiger partial charge in [0.05, 0.1) is 0 Å². The first-order valence-corrected chi connectivity index (χ1v) is 7.82. The number of aliphatic carboxylic acids is 1. The Morgan fingerprint density at radius 1 is 1.04 bits per heavy atom. The molecule has 0 radical (unpaired) electrons. The molecule has 2 aromatic rings. The predicted octanol–water partition coefficient (Wildman–Crippen LogP) is 1.69. The van der Waals surface area contributed by atoms with Crippen LogP contribution in [-0.2, 0) is 9.59 Å². The van der Waals surface area contributed by atoms with E-state index < -0.39 is 11.5 Å². The number of benzene rings is 2. The lowest BCUT2D eigenvalue weighted by atomic mass is 10.1. The van der Waals surface area contributed by atoms with Gasteiger partial charge in [0.2, 0.25) is 5.91 Å². The highest BCUT2D eigenvalue weighted by Gasteiger charge is 2.51. The van der Waals surface area contributed by atoms with Crippen molar-refractivity contribution in [1.82, 2.24) is 10.6 Å². The molecule has 2 amide bonds. The monoisotopic (exact) mass is 326 g/mol. The van der Waals surface area contributed by atoms with Crippen LogP contribution in [0.5, 0.6) is 0 Å². The van der Waals surface area contributed by atoms with Crippen molar-refractivity contribution in [3.05, 3.63) is 48.0 Å². The van der Waals surface area contributed by atoms with Gasteiger partial charge in [-0.25, -0.2) is 4.79 Å². The van der Waals surface area contributed by atoms with E-state index in [1.165, 1.54) is 0 Å². The average molecular weight is 326 g/mol. The maximum absolute atomic E-state index is 12.1. The van der Waals surface area contributed by atoms with Crippen LogP contribution in [0.3, 0.4) is 0 Å². The summed E-state index contributed by atoms with van der Waals surface area (Å²) in [5, 5.41) is 16.2. The molecule has 124 valence electrons. The largest absolute Gasteiger partial charge is 0.480 e. The van der Waals surface area contributed by atoms with Crippen molar-refractivity contribution in [3.63, 3.8) is 0 Å². The first kappa shape index (κ1) is 16.0. The molecule has 3 N–H and O–H groups in total. The van der Waals surface area contributed by atoms with Crippen LogP contribution in [0.2, 0.25) is 0 Å². The van der Waals surface area contributed by atoms with Gasteiger partial charge < -0.3 is 15.7 Å². The fraction of sp³-hybridized carbons (Fsp3) is 0.278. The number of amides is 2. The summed E-state index contributed by atoms with van der Waals surface area (Å²) in [6.07, 6.45) is 0.962. The molecule has 6 nitrogen and oxygen atoms in total. The molecule has 6 heteroatoms. The van der Waals surface area contributed by atoms with Crippen LogP contribution in [0.1, 0.15) is 29.6 Å². The minimum atomic E-state index is -1.08. The maximum Gasteiger partial charge on any atom is 0.329 e. The first-order valence-electron chi connectivity index (χ1n) is 7.82. The molecule has 0 spiro atoms. The molecule has 1 fully saturated rings. The second kappa shape index (κ2) is 6.31. The van der Waals surface area contributed by atoms with E-state index in [4.69, 9.17) is 5.11 Å². The molecule has 0 aromatic heterocycles. The second-order valence-corrected chi connectivity index (χ2v) is 6.00. The normalized spacial score (nSPS) is 14.8. The summed E-state index contributed by atoms with van der Waals surface area (Å²) in [6, 6.07) is 13.2. The number of hydrogen-bond acceptors (Lipinski definition) is 3. The molecule has 0 aliphatic heterocycles. The number of carbonyl (C=O) groups is 3. The number of carboxylic acid groups (broad SMARTS) is 1. The molecule has 2 aromatic carbocycles. The fourth-order valence-electron chi connectivity index (χ4n) is 2.57. The van der Waals surface area contributed by atoms with Gasteiger partial charge in [-0.15, -0.1) is 0 Å². The van der Waals surface area contributed by atoms with E-state index in [0.29, 0.717) is 18.4 Å². The molecule has 1 aliphatic carbocycles. The topological polar surface area (TPSA) is 95.5 Å². The Balaban J connectivity index is 1.51. The van der Waals surface area contributed by atoms with Crippen molar-refractivity contribution >= 4 is 28.6 Å². The maximum atomic E-state index is 12.1. The van der Waals surface area contributed by atoms with Gasteiger partial charge in [-0.3, -0.25) is 9.59 Å². The molecular weight excluding hydrogens is 308 g/mol.